The fraction of sp³-hybridized carbons (Fsp3) is 0.368. The highest BCUT2D eigenvalue weighted by molar-refractivity contribution is 6.42. The van der Waals surface area contributed by atoms with Gasteiger partial charge in [0.25, 0.3) is 0 Å². The molecule has 0 aliphatic rings. The van der Waals surface area contributed by atoms with Gasteiger partial charge < -0.3 is 19.9 Å². The van der Waals surface area contributed by atoms with Gasteiger partial charge in [-0.05, 0) is 30.2 Å². The first-order chi connectivity index (χ1) is 12.1. The van der Waals surface area contributed by atoms with E-state index in [1.165, 1.54) is 0 Å². The number of halogens is 2. The van der Waals surface area contributed by atoms with Crippen LogP contribution in [-0.2, 0) is 13.2 Å². The Balaban J connectivity index is 2.15. The summed E-state index contributed by atoms with van der Waals surface area (Å²) in [7, 11) is 1.61. The molecule has 0 aliphatic carbocycles. The highest BCUT2D eigenvalue weighted by atomic mass is 35.5. The summed E-state index contributed by atoms with van der Waals surface area (Å²) in [5.41, 5.74) is 1.88. The van der Waals surface area contributed by atoms with E-state index in [1.807, 2.05) is 31.2 Å². The smallest absolute Gasteiger partial charge is 0.166 e. The summed E-state index contributed by atoms with van der Waals surface area (Å²) >= 11 is 12.0. The number of benzene rings is 2. The zero-order chi connectivity index (χ0) is 18.2. The van der Waals surface area contributed by atoms with Crippen molar-refractivity contribution in [2.24, 2.45) is 0 Å². The van der Waals surface area contributed by atoms with E-state index in [0.717, 1.165) is 17.5 Å². The van der Waals surface area contributed by atoms with Crippen molar-refractivity contribution in [2.75, 3.05) is 13.7 Å². The number of hydrogen-bond acceptors (Lipinski definition) is 4. The lowest BCUT2D eigenvalue weighted by molar-refractivity contribution is 0.236. The summed E-state index contributed by atoms with van der Waals surface area (Å²) < 4.78 is 11.4. The van der Waals surface area contributed by atoms with Crippen LogP contribution in [0.5, 0.6) is 11.5 Å². The molecule has 0 aromatic heterocycles. The van der Waals surface area contributed by atoms with Crippen molar-refractivity contribution in [3.8, 4) is 11.5 Å². The fourth-order valence-corrected chi connectivity index (χ4v) is 2.72. The van der Waals surface area contributed by atoms with Gasteiger partial charge in [-0.3, -0.25) is 0 Å². The van der Waals surface area contributed by atoms with Crippen LogP contribution >= 0.6 is 23.2 Å². The lowest BCUT2D eigenvalue weighted by Gasteiger charge is -2.18. The van der Waals surface area contributed by atoms with Crippen LogP contribution in [0.1, 0.15) is 24.5 Å². The number of hydrogen-bond donors (Lipinski definition) is 2. The third kappa shape index (κ3) is 5.51. The van der Waals surface area contributed by atoms with Gasteiger partial charge in [-0.1, -0.05) is 48.3 Å². The molecule has 0 aliphatic heterocycles. The molecule has 0 saturated carbocycles. The molecule has 0 heterocycles. The Labute approximate surface area is 158 Å². The highest BCUT2D eigenvalue weighted by Gasteiger charge is 2.13. The van der Waals surface area contributed by atoms with Gasteiger partial charge in [0, 0.05) is 18.2 Å². The van der Waals surface area contributed by atoms with Crippen molar-refractivity contribution < 1.29 is 14.6 Å². The SMILES string of the molecule is CC[C@H](CO)NCc1cccc(OC)c1OCc1ccc(Cl)c(Cl)c1. The third-order valence-corrected chi connectivity index (χ3v) is 4.68. The summed E-state index contributed by atoms with van der Waals surface area (Å²) in [6.45, 7) is 3.05. The standard InChI is InChI=1S/C19H23Cl2NO3/c1-3-15(11-23)22-10-14-5-4-6-18(24-2)19(14)25-12-13-7-8-16(20)17(21)9-13/h4-9,15,22-23H,3,10-12H2,1-2H3/t15-/m1/s1. The Kier molecular flexibility index (Phi) is 7.85. The average Bonchev–Trinajstić information content (AvgIpc) is 2.63. The molecule has 0 spiro atoms. The first-order valence-corrected chi connectivity index (χ1v) is 8.91. The second-order valence-electron chi connectivity index (χ2n) is 5.65. The van der Waals surface area contributed by atoms with E-state index in [9.17, 15) is 5.11 Å². The van der Waals surface area contributed by atoms with E-state index in [1.54, 1.807) is 19.2 Å². The monoisotopic (exact) mass is 383 g/mol. The van der Waals surface area contributed by atoms with Crippen LogP contribution in [0.3, 0.4) is 0 Å². The van der Waals surface area contributed by atoms with Gasteiger partial charge in [-0.15, -0.1) is 0 Å². The van der Waals surface area contributed by atoms with Crippen LogP contribution < -0.4 is 14.8 Å². The zero-order valence-electron chi connectivity index (χ0n) is 14.4. The van der Waals surface area contributed by atoms with Crippen LogP contribution in [0, 0.1) is 0 Å². The van der Waals surface area contributed by atoms with Gasteiger partial charge in [0.15, 0.2) is 11.5 Å². The molecule has 136 valence electrons. The molecule has 2 N–H and O–H groups in total. The fourth-order valence-electron chi connectivity index (χ4n) is 2.40. The van der Waals surface area contributed by atoms with Crippen molar-refractivity contribution in [2.45, 2.75) is 32.5 Å². The van der Waals surface area contributed by atoms with Crippen molar-refractivity contribution in [1.29, 1.82) is 0 Å². The molecule has 0 unspecified atom stereocenters. The summed E-state index contributed by atoms with van der Waals surface area (Å²) in [5, 5.41) is 13.7. The van der Waals surface area contributed by atoms with Gasteiger partial charge in [0.2, 0.25) is 0 Å². The normalized spacial score (nSPS) is 12.0. The predicted octanol–water partition coefficient (Wildman–Crippen LogP) is 4.44. The summed E-state index contributed by atoms with van der Waals surface area (Å²) in [4.78, 5) is 0. The van der Waals surface area contributed by atoms with Gasteiger partial charge in [-0.25, -0.2) is 0 Å². The third-order valence-electron chi connectivity index (χ3n) is 3.94. The number of ether oxygens (including phenoxy) is 2. The minimum absolute atomic E-state index is 0.0501. The molecule has 0 bridgehead atoms. The number of nitrogens with one attached hydrogen (secondary N) is 1. The maximum atomic E-state index is 9.33. The zero-order valence-corrected chi connectivity index (χ0v) is 15.9. The number of rotatable bonds is 9. The van der Waals surface area contributed by atoms with Crippen molar-refractivity contribution in [3.63, 3.8) is 0 Å². The van der Waals surface area contributed by atoms with Crippen LogP contribution in [0.2, 0.25) is 10.0 Å². The minimum atomic E-state index is 0.0501. The van der Waals surface area contributed by atoms with Crippen molar-refractivity contribution in [3.05, 3.63) is 57.6 Å². The first kappa shape index (κ1) is 19.9. The Hall–Kier alpha value is -1.46. The predicted molar refractivity (Wildman–Crippen MR) is 102 cm³/mol. The van der Waals surface area contributed by atoms with Crippen LogP contribution in [0.4, 0.5) is 0 Å². The molecule has 0 radical (unpaired) electrons. The number of aliphatic hydroxyl groups excluding tert-OH is 1. The molecule has 2 aromatic carbocycles. The van der Waals surface area contributed by atoms with E-state index in [2.05, 4.69) is 5.32 Å². The molecule has 0 saturated heterocycles. The van der Waals surface area contributed by atoms with Crippen LogP contribution in [-0.4, -0.2) is 24.9 Å². The van der Waals surface area contributed by atoms with Gasteiger partial charge in [0.05, 0.1) is 23.8 Å². The Morgan fingerprint density at radius 2 is 1.96 bits per heavy atom. The molecule has 6 heteroatoms. The molecular weight excluding hydrogens is 361 g/mol. The second-order valence-corrected chi connectivity index (χ2v) is 6.47. The molecule has 0 fully saturated rings. The van der Waals surface area contributed by atoms with Gasteiger partial charge in [-0.2, -0.15) is 0 Å². The number of methoxy groups -OCH3 is 1. The molecule has 2 aromatic rings. The number of para-hydroxylation sites is 1. The largest absolute Gasteiger partial charge is 0.493 e. The quantitative estimate of drug-likeness (QED) is 0.671. The first-order valence-electron chi connectivity index (χ1n) is 8.15. The molecule has 0 amide bonds. The Morgan fingerprint density at radius 1 is 1.16 bits per heavy atom. The van der Waals surface area contributed by atoms with Crippen molar-refractivity contribution >= 4 is 23.2 Å². The van der Waals surface area contributed by atoms with Crippen molar-refractivity contribution in [1.82, 2.24) is 5.32 Å². The average molecular weight is 384 g/mol. The topological polar surface area (TPSA) is 50.7 Å². The van der Waals surface area contributed by atoms with Crippen LogP contribution in [0.15, 0.2) is 36.4 Å². The number of aliphatic hydroxyl groups is 1. The van der Waals surface area contributed by atoms with E-state index < -0.39 is 0 Å². The minimum Gasteiger partial charge on any atom is -0.493 e. The van der Waals surface area contributed by atoms with E-state index in [-0.39, 0.29) is 12.6 Å². The van der Waals surface area contributed by atoms with Gasteiger partial charge in [0.1, 0.15) is 6.61 Å². The maximum Gasteiger partial charge on any atom is 0.166 e. The van der Waals surface area contributed by atoms with Gasteiger partial charge >= 0.3 is 0 Å². The highest BCUT2D eigenvalue weighted by Crippen LogP contribution is 2.32. The maximum absolute atomic E-state index is 9.33. The van der Waals surface area contributed by atoms with E-state index in [4.69, 9.17) is 32.7 Å². The lowest BCUT2D eigenvalue weighted by atomic mass is 10.1. The molecule has 1 atom stereocenters. The van der Waals surface area contributed by atoms with Crippen LogP contribution in [0.25, 0.3) is 0 Å². The second kappa shape index (κ2) is 9.88. The summed E-state index contributed by atoms with van der Waals surface area (Å²) in [6.07, 6.45) is 0.847. The summed E-state index contributed by atoms with van der Waals surface area (Å²) in [6, 6.07) is 11.2. The summed E-state index contributed by atoms with van der Waals surface area (Å²) in [5.74, 6) is 1.34. The van der Waals surface area contributed by atoms with E-state index >= 15 is 0 Å². The van der Waals surface area contributed by atoms with E-state index in [0.29, 0.717) is 34.7 Å². The Bertz CT molecular complexity index is 690. The Morgan fingerprint density at radius 3 is 2.60 bits per heavy atom. The molecule has 2 rings (SSSR count). The molecule has 4 nitrogen and oxygen atoms in total. The molecule has 25 heavy (non-hydrogen) atoms. The molecular formula is C19H23Cl2NO3. The lowest BCUT2D eigenvalue weighted by Crippen LogP contribution is -2.31.